The number of nitrogens with zero attached hydrogens (tertiary/aromatic N) is 1. The largest absolute Gasteiger partial charge is 0.480 e. The molecule has 1 rings (SSSR count). The molecule has 0 radical (unpaired) electrons. The van der Waals surface area contributed by atoms with Crippen molar-refractivity contribution in [2.24, 2.45) is 0 Å². The van der Waals surface area contributed by atoms with Crippen LogP contribution in [0, 0.1) is 0 Å². The predicted octanol–water partition coefficient (Wildman–Crippen LogP) is 0.115. The van der Waals surface area contributed by atoms with E-state index in [-0.39, 0.29) is 25.0 Å². The van der Waals surface area contributed by atoms with Gasteiger partial charge in [0.2, 0.25) is 5.91 Å². The molecule has 1 amide bonds. The van der Waals surface area contributed by atoms with Gasteiger partial charge >= 0.3 is 5.97 Å². The molecule has 1 N–H and O–H groups in total. The lowest BCUT2D eigenvalue weighted by Crippen LogP contribution is -2.33. The number of carbonyl (C=O) groups excluding carboxylic acids is 1. The Morgan fingerprint density at radius 2 is 2.06 bits per heavy atom. The Bertz CT molecular complexity index is 263. The molecule has 0 atom stereocenters. The van der Waals surface area contributed by atoms with E-state index in [1.807, 2.05) is 0 Å². The molecule has 1 aliphatic rings. The standard InChI is InChI=1S/C11H19NO5/c1-12(8-11(14)15)10(13)4-7-17-9-2-5-16-6-3-9/h9H,2-8H2,1H3,(H,14,15). The molecule has 1 saturated heterocycles. The monoisotopic (exact) mass is 245 g/mol. The van der Waals surface area contributed by atoms with Gasteiger partial charge in [-0.3, -0.25) is 9.59 Å². The first-order valence-electron chi connectivity index (χ1n) is 5.74. The van der Waals surface area contributed by atoms with Gasteiger partial charge in [0.15, 0.2) is 0 Å². The summed E-state index contributed by atoms with van der Waals surface area (Å²) in [7, 11) is 1.48. The average molecular weight is 245 g/mol. The van der Waals surface area contributed by atoms with Crippen LogP contribution < -0.4 is 0 Å². The molecule has 1 fully saturated rings. The van der Waals surface area contributed by atoms with Crippen molar-refractivity contribution in [3.05, 3.63) is 0 Å². The first-order valence-corrected chi connectivity index (χ1v) is 5.74. The average Bonchev–Trinajstić information content (AvgIpc) is 2.29. The van der Waals surface area contributed by atoms with Crippen molar-refractivity contribution in [3.63, 3.8) is 0 Å². The topological polar surface area (TPSA) is 76.1 Å². The van der Waals surface area contributed by atoms with Crippen LogP contribution in [0.4, 0.5) is 0 Å². The summed E-state index contributed by atoms with van der Waals surface area (Å²) in [6.45, 7) is 1.48. The van der Waals surface area contributed by atoms with E-state index in [2.05, 4.69) is 0 Å². The third-order valence-corrected chi connectivity index (χ3v) is 2.64. The number of hydrogen-bond donors (Lipinski definition) is 1. The van der Waals surface area contributed by atoms with Crippen molar-refractivity contribution in [2.45, 2.75) is 25.4 Å². The number of ether oxygens (including phenoxy) is 2. The van der Waals surface area contributed by atoms with Gasteiger partial charge in [-0.25, -0.2) is 0 Å². The van der Waals surface area contributed by atoms with Crippen LogP contribution in [-0.4, -0.2) is 61.4 Å². The lowest BCUT2D eigenvalue weighted by molar-refractivity contribution is -0.144. The summed E-state index contributed by atoms with van der Waals surface area (Å²) in [6, 6.07) is 0. The molecule has 0 aromatic heterocycles. The molecular weight excluding hydrogens is 226 g/mol. The van der Waals surface area contributed by atoms with Gasteiger partial charge in [-0.15, -0.1) is 0 Å². The Balaban J connectivity index is 2.12. The van der Waals surface area contributed by atoms with Gasteiger partial charge in [-0.2, -0.15) is 0 Å². The summed E-state index contributed by atoms with van der Waals surface area (Å²) in [4.78, 5) is 23.1. The molecule has 98 valence electrons. The van der Waals surface area contributed by atoms with Gasteiger partial charge in [0.05, 0.1) is 19.1 Å². The van der Waals surface area contributed by atoms with Crippen LogP contribution in [0.25, 0.3) is 0 Å². The first kappa shape index (κ1) is 13.9. The van der Waals surface area contributed by atoms with Crippen molar-refractivity contribution in [3.8, 4) is 0 Å². The maximum Gasteiger partial charge on any atom is 0.323 e. The third kappa shape index (κ3) is 5.65. The minimum Gasteiger partial charge on any atom is -0.480 e. The van der Waals surface area contributed by atoms with E-state index in [4.69, 9.17) is 14.6 Å². The lowest BCUT2D eigenvalue weighted by atomic mass is 10.1. The fourth-order valence-electron chi connectivity index (χ4n) is 1.64. The SMILES string of the molecule is CN(CC(=O)O)C(=O)CCOC1CCOCC1. The van der Waals surface area contributed by atoms with Gasteiger partial charge in [0, 0.05) is 20.3 Å². The summed E-state index contributed by atoms with van der Waals surface area (Å²) in [5.41, 5.74) is 0. The van der Waals surface area contributed by atoms with E-state index >= 15 is 0 Å². The second kappa shape index (κ2) is 7.24. The number of carboxylic acid groups (broad SMARTS) is 1. The maximum atomic E-state index is 11.5. The van der Waals surface area contributed by atoms with Gasteiger partial charge in [-0.05, 0) is 12.8 Å². The zero-order valence-electron chi connectivity index (χ0n) is 10.1. The summed E-state index contributed by atoms with van der Waals surface area (Å²) < 4.78 is 10.7. The molecule has 0 spiro atoms. The normalized spacial score (nSPS) is 16.8. The maximum absolute atomic E-state index is 11.5. The molecule has 0 unspecified atom stereocenters. The fourth-order valence-corrected chi connectivity index (χ4v) is 1.64. The van der Waals surface area contributed by atoms with E-state index in [0.717, 1.165) is 12.8 Å². The number of carboxylic acids is 1. The molecule has 0 aliphatic carbocycles. The predicted molar refractivity (Wildman–Crippen MR) is 59.7 cm³/mol. The quantitative estimate of drug-likeness (QED) is 0.719. The van der Waals surface area contributed by atoms with Crippen LogP contribution >= 0.6 is 0 Å². The smallest absolute Gasteiger partial charge is 0.323 e. The molecule has 6 heteroatoms. The van der Waals surface area contributed by atoms with E-state index < -0.39 is 5.97 Å². The van der Waals surface area contributed by atoms with Crippen LogP contribution in [0.1, 0.15) is 19.3 Å². The number of amides is 1. The zero-order chi connectivity index (χ0) is 12.7. The highest BCUT2D eigenvalue weighted by molar-refractivity contribution is 5.81. The highest BCUT2D eigenvalue weighted by atomic mass is 16.5. The summed E-state index contributed by atoms with van der Waals surface area (Å²) in [6.07, 6.45) is 2.11. The molecule has 0 aromatic carbocycles. The van der Waals surface area contributed by atoms with Crippen molar-refractivity contribution in [1.29, 1.82) is 0 Å². The molecule has 6 nitrogen and oxygen atoms in total. The Labute approximate surface area is 100 Å². The van der Waals surface area contributed by atoms with Crippen molar-refractivity contribution in [1.82, 2.24) is 4.90 Å². The number of rotatable bonds is 6. The van der Waals surface area contributed by atoms with E-state index in [1.54, 1.807) is 0 Å². The molecule has 17 heavy (non-hydrogen) atoms. The number of carbonyl (C=O) groups is 2. The number of aliphatic carboxylic acids is 1. The van der Waals surface area contributed by atoms with E-state index in [0.29, 0.717) is 19.8 Å². The number of likely N-dealkylation sites (N-methyl/N-ethyl adjacent to an activating group) is 1. The zero-order valence-corrected chi connectivity index (χ0v) is 10.1. The summed E-state index contributed by atoms with van der Waals surface area (Å²) >= 11 is 0. The lowest BCUT2D eigenvalue weighted by Gasteiger charge is -2.22. The van der Waals surface area contributed by atoms with Gasteiger partial charge < -0.3 is 19.5 Å². The third-order valence-electron chi connectivity index (χ3n) is 2.64. The highest BCUT2D eigenvalue weighted by Gasteiger charge is 2.16. The van der Waals surface area contributed by atoms with Crippen molar-refractivity contribution < 1.29 is 24.2 Å². The van der Waals surface area contributed by atoms with Gasteiger partial charge in [-0.1, -0.05) is 0 Å². The second-order valence-corrected chi connectivity index (χ2v) is 4.08. The van der Waals surface area contributed by atoms with Crippen molar-refractivity contribution in [2.75, 3.05) is 33.4 Å². The second-order valence-electron chi connectivity index (χ2n) is 4.08. The highest BCUT2D eigenvalue weighted by Crippen LogP contribution is 2.10. The van der Waals surface area contributed by atoms with Crippen LogP contribution in [0.5, 0.6) is 0 Å². The Morgan fingerprint density at radius 3 is 2.65 bits per heavy atom. The Morgan fingerprint density at radius 1 is 1.41 bits per heavy atom. The van der Waals surface area contributed by atoms with Crippen LogP contribution in [0.15, 0.2) is 0 Å². The molecular formula is C11H19NO5. The van der Waals surface area contributed by atoms with Crippen LogP contribution in [0.2, 0.25) is 0 Å². The molecule has 0 bridgehead atoms. The summed E-state index contributed by atoms with van der Waals surface area (Å²) in [5, 5.41) is 8.52. The minimum absolute atomic E-state index is 0.168. The van der Waals surface area contributed by atoms with Gasteiger partial charge in [0.1, 0.15) is 6.54 Å². The Hall–Kier alpha value is -1.14. The Kier molecular flexibility index (Phi) is 5.93. The van der Waals surface area contributed by atoms with E-state index in [1.165, 1.54) is 11.9 Å². The fraction of sp³-hybridized carbons (Fsp3) is 0.818. The summed E-state index contributed by atoms with van der Waals surface area (Å²) in [5.74, 6) is -1.22. The van der Waals surface area contributed by atoms with Crippen LogP contribution in [-0.2, 0) is 19.1 Å². The first-order chi connectivity index (χ1) is 8.09. The molecule has 1 aliphatic heterocycles. The minimum atomic E-state index is -1.01. The molecule has 0 saturated carbocycles. The number of hydrogen-bond acceptors (Lipinski definition) is 4. The molecule has 1 heterocycles. The van der Waals surface area contributed by atoms with Crippen LogP contribution in [0.3, 0.4) is 0 Å². The van der Waals surface area contributed by atoms with E-state index in [9.17, 15) is 9.59 Å². The van der Waals surface area contributed by atoms with Gasteiger partial charge in [0.25, 0.3) is 0 Å². The van der Waals surface area contributed by atoms with Crippen molar-refractivity contribution >= 4 is 11.9 Å². The molecule has 0 aromatic rings.